The Labute approximate surface area is 86.9 Å². The molecule has 3 heteroatoms. The lowest BCUT2D eigenvalue weighted by Gasteiger charge is -2.08. The molecule has 0 aliphatic carbocycles. The molecule has 76 valence electrons. The zero-order chi connectivity index (χ0) is 10.8. The Morgan fingerprint density at radius 3 is 2.73 bits per heavy atom. The van der Waals surface area contributed by atoms with Gasteiger partial charge in [0.1, 0.15) is 11.5 Å². The number of methoxy groups -OCH3 is 1. The Hall–Kier alpha value is -2.03. The lowest BCUT2D eigenvalue weighted by molar-refractivity contribution is 0.111. The lowest BCUT2D eigenvalue weighted by atomic mass is 10.0. The smallest absolute Gasteiger partial charge is 0.157 e. The van der Waals surface area contributed by atoms with Gasteiger partial charge in [-0.25, -0.2) is 0 Å². The van der Waals surface area contributed by atoms with Gasteiger partial charge in [0.25, 0.3) is 0 Å². The SMILES string of the molecule is COc1cc2ccccc2c(O)c1C=O. The number of aromatic hydroxyl groups is 1. The molecule has 0 spiro atoms. The van der Waals surface area contributed by atoms with Gasteiger partial charge in [0.2, 0.25) is 0 Å². The molecule has 2 rings (SSSR count). The molecule has 0 atom stereocenters. The van der Waals surface area contributed by atoms with E-state index in [2.05, 4.69) is 0 Å². The Morgan fingerprint density at radius 2 is 2.07 bits per heavy atom. The summed E-state index contributed by atoms with van der Waals surface area (Å²) >= 11 is 0. The van der Waals surface area contributed by atoms with E-state index in [0.29, 0.717) is 17.4 Å². The molecule has 0 aromatic heterocycles. The van der Waals surface area contributed by atoms with Crippen molar-refractivity contribution in [3.05, 3.63) is 35.9 Å². The van der Waals surface area contributed by atoms with E-state index in [1.165, 1.54) is 7.11 Å². The highest BCUT2D eigenvalue weighted by atomic mass is 16.5. The maximum atomic E-state index is 10.8. The molecular formula is C12H10O3. The van der Waals surface area contributed by atoms with Crippen molar-refractivity contribution in [2.45, 2.75) is 0 Å². The van der Waals surface area contributed by atoms with Gasteiger partial charge in [-0.1, -0.05) is 24.3 Å². The van der Waals surface area contributed by atoms with Crippen molar-refractivity contribution in [3.63, 3.8) is 0 Å². The van der Waals surface area contributed by atoms with Crippen LogP contribution in [-0.2, 0) is 0 Å². The van der Waals surface area contributed by atoms with E-state index in [1.807, 2.05) is 18.2 Å². The van der Waals surface area contributed by atoms with E-state index >= 15 is 0 Å². The summed E-state index contributed by atoms with van der Waals surface area (Å²) in [5.74, 6) is 0.362. The third kappa shape index (κ3) is 1.42. The van der Waals surface area contributed by atoms with Crippen LogP contribution in [0.5, 0.6) is 11.5 Å². The molecule has 0 saturated carbocycles. The molecule has 3 nitrogen and oxygen atoms in total. The highest BCUT2D eigenvalue weighted by Gasteiger charge is 2.11. The molecule has 2 aromatic carbocycles. The van der Waals surface area contributed by atoms with Crippen LogP contribution in [0.25, 0.3) is 10.8 Å². The number of fused-ring (bicyclic) bond motifs is 1. The summed E-state index contributed by atoms with van der Waals surface area (Å²) in [6, 6.07) is 9.02. The predicted molar refractivity (Wildman–Crippen MR) is 57.6 cm³/mol. The third-order valence-corrected chi connectivity index (χ3v) is 2.36. The monoisotopic (exact) mass is 202 g/mol. The summed E-state index contributed by atoms with van der Waals surface area (Å²) in [5.41, 5.74) is 0.191. The number of aldehydes is 1. The van der Waals surface area contributed by atoms with Crippen LogP contribution in [0.3, 0.4) is 0 Å². The average Bonchev–Trinajstić information content (AvgIpc) is 2.29. The minimum atomic E-state index is -0.0278. The van der Waals surface area contributed by atoms with Gasteiger partial charge < -0.3 is 9.84 Å². The molecule has 0 bridgehead atoms. The van der Waals surface area contributed by atoms with Crippen LogP contribution < -0.4 is 4.74 Å². The predicted octanol–water partition coefficient (Wildman–Crippen LogP) is 2.37. The van der Waals surface area contributed by atoms with Crippen molar-refractivity contribution in [3.8, 4) is 11.5 Å². The number of carbonyl (C=O) groups is 1. The van der Waals surface area contributed by atoms with E-state index < -0.39 is 0 Å². The number of ether oxygens (including phenoxy) is 1. The van der Waals surface area contributed by atoms with Crippen molar-refractivity contribution in [2.24, 2.45) is 0 Å². The van der Waals surface area contributed by atoms with Gasteiger partial charge in [-0.05, 0) is 11.5 Å². The van der Waals surface area contributed by atoms with Crippen LogP contribution in [0.1, 0.15) is 10.4 Å². The molecule has 0 radical (unpaired) electrons. The normalized spacial score (nSPS) is 10.2. The van der Waals surface area contributed by atoms with Crippen LogP contribution in [0.4, 0.5) is 0 Å². The largest absolute Gasteiger partial charge is 0.506 e. The minimum absolute atomic E-state index is 0.0278. The molecule has 0 amide bonds. The van der Waals surface area contributed by atoms with Gasteiger partial charge in [0.15, 0.2) is 6.29 Å². The van der Waals surface area contributed by atoms with Gasteiger partial charge in [-0.2, -0.15) is 0 Å². The number of benzene rings is 2. The third-order valence-electron chi connectivity index (χ3n) is 2.36. The fourth-order valence-corrected chi connectivity index (χ4v) is 1.60. The Morgan fingerprint density at radius 1 is 1.33 bits per heavy atom. The molecule has 1 N–H and O–H groups in total. The van der Waals surface area contributed by atoms with E-state index in [1.54, 1.807) is 12.1 Å². The first-order valence-corrected chi connectivity index (χ1v) is 4.52. The molecule has 0 heterocycles. The molecular weight excluding hydrogens is 192 g/mol. The zero-order valence-corrected chi connectivity index (χ0v) is 8.23. The van der Waals surface area contributed by atoms with Gasteiger partial charge in [-0.3, -0.25) is 4.79 Å². The maximum absolute atomic E-state index is 10.8. The van der Waals surface area contributed by atoms with Crippen molar-refractivity contribution in [1.82, 2.24) is 0 Å². The fraction of sp³-hybridized carbons (Fsp3) is 0.0833. The highest BCUT2D eigenvalue weighted by molar-refractivity contribution is 5.98. The van der Waals surface area contributed by atoms with Crippen LogP contribution in [0.15, 0.2) is 30.3 Å². The summed E-state index contributed by atoms with van der Waals surface area (Å²) in [5, 5.41) is 11.3. The molecule has 0 aliphatic rings. The number of rotatable bonds is 2. The molecule has 0 unspecified atom stereocenters. The maximum Gasteiger partial charge on any atom is 0.157 e. The molecule has 2 aromatic rings. The van der Waals surface area contributed by atoms with Crippen LogP contribution in [0.2, 0.25) is 0 Å². The summed E-state index contributed by atoms with van der Waals surface area (Å²) in [4.78, 5) is 10.8. The second kappa shape index (κ2) is 3.61. The van der Waals surface area contributed by atoms with Gasteiger partial charge >= 0.3 is 0 Å². The fourth-order valence-electron chi connectivity index (χ4n) is 1.60. The quantitative estimate of drug-likeness (QED) is 0.760. The van der Waals surface area contributed by atoms with Crippen molar-refractivity contribution in [2.75, 3.05) is 7.11 Å². The van der Waals surface area contributed by atoms with Crippen molar-refractivity contribution in [1.29, 1.82) is 0 Å². The Kier molecular flexibility index (Phi) is 2.29. The lowest BCUT2D eigenvalue weighted by Crippen LogP contribution is -1.91. The first-order valence-electron chi connectivity index (χ1n) is 4.52. The van der Waals surface area contributed by atoms with E-state index in [9.17, 15) is 9.90 Å². The highest BCUT2D eigenvalue weighted by Crippen LogP contribution is 2.34. The number of carbonyl (C=O) groups excluding carboxylic acids is 1. The molecule has 15 heavy (non-hydrogen) atoms. The Bertz CT molecular complexity index is 518. The Balaban J connectivity index is 2.87. The second-order valence-corrected chi connectivity index (χ2v) is 3.18. The van der Waals surface area contributed by atoms with E-state index in [-0.39, 0.29) is 11.3 Å². The summed E-state index contributed by atoms with van der Waals surface area (Å²) in [6.07, 6.45) is 0.598. The zero-order valence-electron chi connectivity index (χ0n) is 8.23. The average molecular weight is 202 g/mol. The first-order chi connectivity index (χ1) is 7.27. The molecule has 0 saturated heterocycles. The number of phenolic OH excluding ortho intramolecular Hbond substituents is 1. The van der Waals surface area contributed by atoms with Gasteiger partial charge in [0.05, 0.1) is 12.7 Å². The first kappa shape index (κ1) is 9.52. The van der Waals surface area contributed by atoms with Crippen LogP contribution >= 0.6 is 0 Å². The van der Waals surface area contributed by atoms with Crippen molar-refractivity contribution < 1.29 is 14.6 Å². The van der Waals surface area contributed by atoms with Crippen LogP contribution in [0, 0.1) is 0 Å². The molecule has 0 aliphatic heterocycles. The van der Waals surface area contributed by atoms with Gasteiger partial charge in [-0.15, -0.1) is 0 Å². The minimum Gasteiger partial charge on any atom is -0.506 e. The summed E-state index contributed by atoms with van der Waals surface area (Å²) < 4.78 is 5.03. The second-order valence-electron chi connectivity index (χ2n) is 3.18. The topological polar surface area (TPSA) is 46.5 Å². The van der Waals surface area contributed by atoms with Crippen molar-refractivity contribution >= 4 is 17.1 Å². The summed E-state index contributed by atoms with van der Waals surface area (Å²) in [7, 11) is 1.47. The van der Waals surface area contributed by atoms with Gasteiger partial charge in [0, 0.05) is 5.39 Å². The molecule has 0 fully saturated rings. The standard InChI is InChI=1S/C12H10O3/c1-15-11-6-8-4-2-3-5-9(8)12(14)10(11)7-13/h2-7,14H,1H3. The number of hydrogen-bond donors (Lipinski definition) is 1. The number of hydrogen-bond acceptors (Lipinski definition) is 3. The summed E-state index contributed by atoms with van der Waals surface area (Å²) in [6.45, 7) is 0. The van der Waals surface area contributed by atoms with E-state index in [4.69, 9.17) is 4.74 Å². The van der Waals surface area contributed by atoms with Crippen LogP contribution in [-0.4, -0.2) is 18.5 Å². The number of phenols is 1. The van der Waals surface area contributed by atoms with E-state index in [0.717, 1.165) is 5.39 Å².